The van der Waals surface area contributed by atoms with E-state index in [4.69, 9.17) is 15.2 Å². The summed E-state index contributed by atoms with van der Waals surface area (Å²) < 4.78 is 25.0. The predicted octanol–water partition coefficient (Wildman–Crippen LogP) is 4.69. The van der Waals surface area contributed by atoms with Crippen LogP contribution in [-0.2, 0) is 6.42 Å². The lowest BCUT2D eigenvalue weighted by Crippen LogP contribution is -2.16. The Morgan fingerprint density at radius 2 is 1.80 bits per heavy atom. The molecule has 2 aromatic rings. The van der Waals surface area contributed by atoms with Gasteiger partial charge in [-0.2, -0.15) is 0 Å². The summed E-state index contributed by atoms with van der Waals surface area (Å²) in [7, 11) is 0. The summed E-state index contributed by atoms with van der Waals surface area (Å²) in [4.78, 5) is 0. The average molecular weight is 345 g/mol. The van der Waals surface area contributed by atoms with Crippen LogP contribution in [0.5, 0.6) is 11.5 Å². The van der Waals surface area contributed by atoms with Crippen LogP contribution in [0.1, 0.15) is 43.7 Å². The largest absolute Gasteiger partial charge is 0.494 e. The molecule has 0 bridgehead atoms. The van der Waals surface area contributed by atoms with Gasteiger partial charge >= 0.3 is 0 Å². The highest BCUT2D eigenvalue weighted by molar-refractivity contribution is 5.39. The number of hydrogen-bond acceptors (Lipinski definition) is 3. The highest BCUT2D eigenvalue weighted by Gasteiger charge is 2.17. The van der Waals surface area contributed by atoms with Gasteiger partial charge in [0.1, 0.15) is 17.3 Å². The van der Waals surface area contributed by atoms with Crippen molar-refractivity contribution in [3.05, 3.63) is 59.4 Å². The van der Waals surface area contributed by atoms with E-state index in [1.807, 2.05) is 31.2 Å². The number of unbranched alkanes of at least 4 members (excludes halogenated alkanes) is 1. The van der Waals surface area contributed by atoms with E-state index in [-0.39, 0.29) is 11.7 Å². The van der Waals surface area contributed by atoms with Crippen LogP contribution in [-0.4, -0.2) is 19.8 Å². The molecule has 0 saturated heterocycles. The number of hydrogen-bond donors (Lipinski definition) is 1. The molecule has 4 heteroatoms. The summed E-state index contributed by atoms with van der Waals surface area (Å²) >= 11 is 0. The SMILES string of the molecule is CCCCOc1ccc(CC(CN)c2cc(F)ccc2OCC)cc1. The molecule has 0 radical (unpaired) electrons. The smallest absolute Gasteiger partial charge is 0.123 e. The highest BCUT2D eigenvalue weighted by Crippen LogP contribution is 2.30. The predicted molar refractivity (Wildman–Crippen MR) is 99.9 cm³/mol. The lowest BCUT2D eigenvalue weighted by atomic mass is 9.91. The number of ether oxygens (including phenoxy) is 2. The fraction of sp³-hybridized carbons (Fsp3) is 0.429. The van der Waals surface area contributed by atoms with E-state index in [1.165, 1.54) is 12.1 Å². The van der Waals surface area contributed by atoms with Gasteiger partial charge in [0.25, 0.3) is 0 Å². The lowest BCUT2D eigenvalue weighted by Gasteiger charge is -2.19. The van der Waals surface area contributed by atoms with Gasteiger partial charge in [-0.15, -0.1) is 0 Å². The van der Waals surface area contributed by atoms with Crippen LogP contribution in [0.4, 0.5) is 4.39 Å². The molecule has 0 heterocycles. The molecule has 0 amide bonds. The second-order valence-electron chi connectivity index (χ2n) is 6.10. The first kappa shape index (κ1) is 19.3. The number of halogens is 1. The van der Waals surface area contributed by atoms with Gasteiger partial charge in [-0.1, -0.05) is 25.5 Å². The van der Waals surface area contributed by atoms with Crippen molar-refractivity contribution in [1.82, 2.24) is 0 Å². The van der Waals surface area contributed by atoms with E-state index in [0.717, 1.165) is 42.7 Å². The van der Waals surface area contributed by atoms with Crippen molar-refractivity contribution >= 4 is 0 Å². The van der Waals surface area contributed by atoms with Gasteiger partial charge in [0, 0.05) is 11.5 Å². The third-order valence-electron chi connectivity index (χ3n) is 4.17. The first-order chi connectivity index (χ1) is 12.2. The molecule has 136 valence electrons. The van der Waals surface area contributed by atoms with E-state index >= 15 is 0 Å². The highest BCUT2D eigenvalue weighted by atomic mass is 19.1. The quantitative estimate of drug-likeness (QED) is 0.636. The van der Waals surface area contributed by atoms with Crippen molar-refractivity contribution in [1.29, 1.82) is 0 Å². The Bertz CT molecular complexity index is 643. The van der Waals surface area contributed by atoms with E-state index in [2.05, 4.69) is 6.92 Å². The third kappa shape index (κ3) is 5.75. The third-order valence-corrected chi connectivity index (χ3v) is 4.17. The second-order valence-corrected chi connectivity index (χ2v) is 6.10. The van der Waals surface area contributed by atoms with E-state index in [9.17, 15) is 4.39 Å². The van der Waals surface area contributed by atoms with Crippen LogP contribution < -0.4 is 15.2 Å². The van der Waals surface area contributed by atoms with E-state index in [0.29, 0.717) is 18.9 Å². The molecule has 3 nitrogen and oxygen atoms in total. The van der Waals surface area contributed by atoms with Crippen molar-refractivity contribution in [2.24, 2.45) is 5.73 Å². The van der Waals surface area contributed by atoms with E-state index in [1.54, 1.807) is 6.07 Å². The Morgan fingerprint density at radius 3 is 2.44 bits per heavy atom. The Kier molecular flexibility index (Phi) is 7.74. The minimum Gasteiger partial charge on any atom is -0.494 e. The summed E-state index contributed by atoms with van der Waals surface area (Å²) in [6.07, 6.45) is 2.90. The molecule has 0 aliphatic carbocycles. The van der Waals surface area contributed by atoms with Crippen molar-refractivity contribution in [2.45, 2.75) is 39.0 Å². The number of nitrogens with two attached hydrogens (primary N) is 1. The fourth-order valence-corrected chi connectivity index (χ4v) is 2.79. The molecule has 0 aromatic heterocycles. The van der Waals surface area contributed by atoms with Gasteiger partial charge in [0.15, 0.2) is 0 Å². The van der Waals surface area contributed by atoms with Gasteiger partial charge in [0.2, 0.25) is 0 Å². The summed E-state index contributed by atoms with van der Waals surface area (Å²) in [6, 6.07) is 12.7. The molecule has 1 atom stereocenters. The van der Waals surface area contributed by atoms with Crippen LogP contribution in [0, 0.1) is 5.82 Å². The van der Waals surface area contributed by atoms with Crippen LogP contribution in [0.15, 0.2) is 42.5 Å². The molecular formula is C21H28FNO2. The summed E-state index contributed by atoms with van der Waals surface area (Å²) in [5.41, 5.74) is 7.95. The maximum Gasteiger partial charge on any atom is 0.123 e. The Morgan fingerprint density at radius 1 is 1.04 bits per heavy atom. The summed E-state index contributed by atoms with van der Waals surface area (Å²) in [5.74, 6) is 1.32. The zero-order valence-corrected chi connectivity index (χ0v) is 15.1. The van der Waals surface area contributed by atoms with Crippen LogP contribution >= 0.6 is 0 Å². The Hall–Kier alpha value is -2.07. The van der Waals surface area contributed by atoms with Gasteiger partial charge in [-0.05, 0) is 62.2 Å². The zero-order valence-electron chi connectivity index (χ0n) is 15.1. The fourth-order valence-electron chi connectivity index (χ4n) is 2.79. The molecule has 0 spiro atoms. The first-order valence-corrected chi connectivity index (χ1v) is 9.02. The molecule has 1 unspecified atom stereocenters. The topological polar surface area (TPSA) is 44.5 Å². The van der Waals surface area contributed by atoms with Gasteiger partial charge in [-0.3, -0.25) is 0 Å². The lowest BCUT2D eigenvalue weighted by molar-refractivity contribution is 0.309. The van der Waals surface area contributed by atoms with Crippen LogP contribution in [0.2, 0.25) is 0 Å². The standard InChI is InChI=1S/C21H28FNO2/c1-3-5-12-25-19-9-6-16(7-10-19)13-17(15-23)20-14-18(22)8-11-21(20)24-4-2/h6-11,14,17H,3-5,12-13,15,23H2,1-2H3. The molecule has 2 aromatic carbocycles. The molecule has 25 heavy (non-hydrogen) atoms. The Balaban J connectivity index is 2.10. The van der Waals surface area contributed by atoms with Crippen LogP contribution in [0.25, 0.3) is 0 Å². The van der Waals surface area contributed by atoms with Crippen LogP contribution in [0.3, 0.4) is 0 Å². The number of benzene rings is 2. The summed E-state index contributed by atoms with van der Waals surface area (Å²) in [5, 5.41) is 0. The van der Waals surface area contributed by atoms with E-state index < -0.39 is 0 Å². The van der Waals surface area contributed by atoms with Gasteiger partial charge < -0.3 is 15.2 Å². The molecule has 0 aliphatic rings. The van der Waals surface area contributed by atoms with Crippen molar-refractivity contribution < 1.29 is 13.9 Å². The molecule has 0 fully saturated rings. The molecule has 2 N–H and O–H groups in total. The van der Waals surface area contributed by atoms with Gasteiger partial charge in [-0.25, -0.2) is 4.39 Å². The maximum atomic E-state index is 13.7. The first-order valence-electron chi connectivity index (χ1n) is 9.02. The molecular weight excluding hydrogens is 317 g/mol. The van der Waals surface area contributed by atoms with Crippen molar-refractivity contribution in [3.63, 3.8) is 0 Å². The summed E-state index contributed by atoms with van der Waals surface area (Å²) in [6.45, 7) is 5.77. The van der Waals surface area contributed by atoms with Crippen molar-refractivity contribution in [2.75, 3.05) is 19.8 Å². The normalized spacial score (nSPS) is 12.0. The number of rotatable bonds is 10. The zero-order chi connectivity index (χ0) is 18.1. The average Bonchev–Trinajstić information content (AvgIpc) is 2.63. The van der Waals surface area contributed by atoms with Crippen molar-refractivity contribution in [3.8, 4) is 11.5 Å². The maximum absolute atomic E-state index is 13.7. The molecule has 2 rings (SSSR count). The second kappa shape index (κ2) is 10.0. The minimum atomic E-state index is -0.267. The molecule has 0 aliphatic heterocycles. The minimum absolute atomic E-state index is 0.00381. The Labute approximate surface area is 150 Å². The monoisotopic (exact) mass is 345 g/mol. The van der Waals surface area contributed by atoms with Gasteiger partial charge in [0.05, 0.1) is 13.2 Å². The molecule has 0 saturated carbocycles.